The van der Waals surface area contributed by atoms with Gasteiger partial charge < -0.3 is 18.8 Å². The van der Waals surface area contributed by atoms with Crippen LogP contribution in [0.1, 0.15) is 18.4 Å². The highest BCUT2D eigenvalue weighted by atomic mass is 32.2. The van der Waals surface area contributed by atoms with Crippen molar-refractivity contribution in [2.45, 2.75) is 23.8 Å². The lowest BCUT2D eigenvalue weighted by molar-refractivity contribution is -0.116. The number of benzene rings is 2. The second kappa shape index (κ2) is 9.06. The van der Waals surface area contributed by atoms with Crippen LogP contribution < -0.4 is 14.4 Å². The van der Waals surface area contributed by atoms with Gasteiger partial charge in [0.05, 0.1) is 23.3 Å². The normalized spacial score (nSPS) is 21.0. The first kappa shape index (κ1) is 21.8. The number of fused-ring (bicyclic) bond motifs is 1. The molecular formula is C22H21N3O6S2. The topological polar surface area (TPSA) is 112 Å². The van der Waals surface area contributed by atoms with Crippen molar-refractivity contribution in [1.82, 2.24) is 10.2 Å². The van der Waals surface area contributed by atoms with Crippen molar-refractivity contribution >= 4 is 33.2 Å². The highest BCUT2D eigenvalue weighted by Gasteiger charge is 2.35. The SMILES string of the molecule is O=C(CSc1nnc([C@H]2COc3ccccc3O2)o1)N(c1ccccc1)[C@H]1CCS(=O)(=O)C1. The number of para-hydroxylation sites is 3. The average molecular weight is 488 g/mol. The monoisotopic (exact) mass is 487 g/mol. The predicted octanol–water partition coefficient (Wildman–Crippen LogP) is 2.89. The summed E-state index contributed by atoms with van der Waals surface area (Å²) in [4.78, 5) is 14.7. The first-order chi connectivity index (χ1) is 16.0. The smallest absolute Gasteiger partial charge is 0.277 e. The fraction of sp³-hybridized carbons (Fsp3) is 0.318. The van der Waals surface area contributed by atoms with Crippen molar-refractivity contribution in [1.29, 1.82) is 0 Å². The molecule has 2 aromatic carbocycles. The molecule has 9 nitrogen and oxygen atoms in total. The summed E-state index contributed by atoms with van der Waals surface area (Å²) < 4.78 is 41.3. The van der Waals surface area contributed by atoms with E-state index >= 15 is 0 Å². The van der Waals surface area contributed by atoms with Crippen molar-refractivity contribution in [3.63, 3.8) is 0 Å². The molecule has 0 radical (unpaired) electrons. The standard InChI is InChI=1S/C22H21N3O6S2/c26-20(25(15-6-2-1-3-7-15)16-10-11-33(27,28)14-16)13-32-22-24-23-21(31-22)19-12-29-17-8-4-5-9-18(17)30-19/h1-9,16,19H,10-14H2/t16-,19+/m0/s1. The molecule has 2 atom stereocenters. The molecule has 0 spiro atoms. The number of carbonyl (C=O) groups excluding carboxylic acids is 1. The third-order valence-corrected chi connectivity index (χ3v) is 7.96. The highest BCUT2D eigenvalue weighted by Crippen LogP contribution is 2.36. The van der Waals surface area contributed by atoms with Crippen LogP contribution in [0.2, 0.25) is 0 Å². The molecule has 3 aromatic rings. The van der Waals surface area contributed by atoms with Crippen molar-refractivity contribution in [3.05, 3.63) is 60.5 Å². The van der Waals surface area contributed by atoms with Crippen molar-refractivity contribution in [2.75, 3.05) is 28.8 Å². The zero-order chi connectivity index (χ0) is 22.8. The van der Waals surface area contributed by atoms with E-state index in [1.54, 1.807) is 23.1 Å². The largest absolute Gasteiger partial charge is 0.485 e. The lowest BCUT2D eigenvalue weighted by Crippen LogP contribution is -2.42. The zero-order valence-electron chi connectivity index (χ0n) is 17.5. The third kappa shape index (κ3) is 4.83. The molecule has 0 aliphatic carbocycles. The quantitative estimate of drug-likeness (QED) is 0.484. The van der Waals surface area contributed by atoms with Gasteiger partial charge in [0.2, 0.25) is 12.0 Å². The Morgan fingerprint density at radius 3 is 2.58 bits per heavy atom. The molecule has 0 bridgehead atoms. The maximum Gasteiger partial charge on any atom is 0.277 e. The number of hydrogen-bond acceptors (Lipinski definition) is 9. The van der Waals surface area contributed by atoms with Crippen LogP contribution in [0.4, 0.5) is 5.69 Å². The van der Waals surface area contributed by atoms with E-state index in [4.69, 9.17) is 13.9 Å². The Balaban J connectivity index is 1.26. The third-order valence-electron chi connectivity index (χ3n) is 5.40. The van der Waals surface area contributed by atoms with E-state index in [9.17, 15) is 13.2 Å². The van der Waals surface area contributed by atoms with Gasteiger partial charge in [-0.3, -0.25) is 4.79 Å². The number of rotatable bonds is 6. The molecule has 33 heavy (non-hydrogen) atoms. The van der Waals surface area contributed by atoms with Gasteiger partial charge in [-0.1, -0.05) is 42.1 Å². The Morgan fingerprint density at radius 2 is 1.82 bits per heavy atom. The van der Waals surface area contributed by atoms with E-state index in [1.165, 1.54) is 0 Å². The Kier molecular flexibility index (Phi) is 5.98. The van der Waals surface area contributed by atoms with Crippen LogP contribution in [0.25, 0.3) is 0 Å². The van der Waals surface area contributed by atoms with E-state index in [1.807, 2.05) is 36.4 Å². The molecular weight excluding hydrogens is 466 g/mol. The van der Waals surface area contributed by atoms with E-state index in [0.717, 1.165) is 11.8 Å². The molecule has 2 aliphatic heterocycles. The molecule has 1 saturated heterocycles. The van der Waals surface area contributed by atoms with Crippen LogP contribution in [0.3, 0.4) is 0 Å². The van der Waals surface area contributed by atoms with Gasteiger partial charge in [-0.15, -0.1) is 10.2 Å². The Bertz CT molecular complexity index is 1250. The van der Waals surface area contributed by atoms with Crippen molar-refractivity contribution < 1.29 is 27.1 Å². The molecule has 1 amide bonds. The van der Waals surface area contributed by atoms with Crippen molar-refractivity contribution in [3.8, 4) is 11.5 Å². The fourth-order valence-corrected chi connectivity index (χ4v) is 6.20. The van der Waals surface area contributed by atoms with E-state index in [-0.39, 0.29) is 40.9 Å². The molecule has 3 heterocycles. The summed E-state index contributed by atoms with van der Waals surface area (Å²) in [6.45, 7) is 0.236. The molecule has 1 fully saturated rings. The molecule has 5 rings (SSSR count). The lowest BCUT2D eigenvalue weighted by Gasteiger charge is -2.28. The summed E-state index contributed by atoms with van der Waals surface area (Å²) in [5, 5.41) is 8.29. The molecule has 2 aliphatic rings. The number of hydrogen-bond donors (Lipinski definition) is 0. The van der Waals surface area contributed by atoms with Crippen LogP contribution in [-0.4, -0.2) is 54.4 Å². The second-order valence-corrected chi connectivity index (χ2v) is 10.9. The van der Waals surface area contributed by atoms with Gasteiger partial charge in [0, 0.05) is 5.69 Å². The van der Waals surface area contributed by atoms with Gasteiger partial charge in [-0.05, 0) is 30.7 Å². The Labute approximate surface area is 195 Å². The van der Waals surface area contributed by atoms with Gasteiger partial charge >= 0.3 is 0 Å². The summed E-state index contributed by atoms with van der Waals surface area (Å²) in [6, 6.07) is 16.0. The molecule has 0 unspecified atom stereocenters. The minimum Gasteiger partial charge on any atom is -0.485 e. The summed E-state index contributed by atoms with van der Waals surface area (Å²) in [5.41, 5.74) is 0.669. The van der Waals surface area contributed by atoms with Crippen LogP contribution in [0.5, 0.6) is 11.5 Å². The maximum atomic E-state index is 13.1. The van der Waals surface area contributed by atoms with Gasteiger partial charge in [-0.2, -0.15) is 0 Å². The minimum atomic E-state index is -3.15. The number of anilines is 1. The number of nitrogens with zero attached hydrogens (tertiary/aromatic N) is 3. The van der Waals surface area contributed by atoms with Crippen molar-refractivity contribution in [2.24, 2.45) is 0 Å². The van der Waals surface area contributed by atoms with E-state index in [0.29, 0.717) is 23.6 Å². The van der Waals surface area contributed by atoms with Crippen LogP contribution in [0, 0.1) is 0 Å². The van der Waals surface area contributed by atoms with Gasteiger partial charge in [-0.25, -0.2) is 8.42 Å². The number of aromatic nitrogens is 2. The van der Waals surface area contributed by atoms with Crippen LogP contribution in [-0.2, 0) is 14.6 Å². The second-order valence-electron chi connectivity index (χ2n) is 7.72. The van der Waals surface area contributed by atoms with E-state index in [2.05, 4.69) is 10.2 Å². The van der Waals surface area contributed by atoms with E-state index < -0.39 is 22.0 Å². The average Bonchev–Trinajstić information content (AvgIpc) is 3.44. The van der Waals surface area contributed by atoms with Crippen LogP contribution >= 0.6 is 11.8 Å². The Morgan fingerprint density at radius 1 is 1.06 bits per heavy atom. The molecule has 1 aromatic heterocycles. The summed E-state index contributed by atoms with van der Waals surface area (Å²) in [5.74, 6) is 1.37. The molecule has 0 saturated carbocycles. The molecule has 0 N–H and O–H groups in total. The number of amides is 1. The lowest BCUT2D eigenvalue weighted by atomic mass is 10.2. The predicted molar refractivity (Wildman–Crippen MR) is 121 cm³/mol. The van der Waals surface area contributed by atoms with Gasteiger partial charge in [0.15, 0.2) is 21.3 Å². The number of ether oxygens (including phenoxy) is 2. The summed E-state index contributed by atoms with van der Waals surface area (Å²) in [6.07, 6.45) is -0.124. The Hall–Kier alpha value is -3.05. The first-order valence-electron chi connectivity index (χ1n) is 10.4. The highest BCUT2D eigenvalue weighted by molar-refractivity contribution is 7.99. The zero-order valence-corrected chi connectivity index (χ0v) is 19.1. The number of sulfone groups is 1. The maximum absolute atomic E-state index is 13.1. The minimum absolute atomic E-state index is 0.0257. The summed E-state index contributed by atoms with van der Waals surface area (Å²) >= 11 is 1.10. The number of thioether (sulfide) groups is 1. The first-order valence-corrected chi connectivity index (χ1v) is 13.2. The molecule has 172 valence electrons. The summed E-state index contributed by atoms with van der Waals surface area (Å²) in [7, 11) is -3.15. The fourth-order valence-electron chi connectivity index (χ4n) is 3.87. The van der Waals surface area contributed by atoms with Gasteiger partial charge in [0.25, 0.3) is 11.1 Å². The van der Waals surface area contributed by atoms with Crippen LogP contribution in [0.15, 0.2) is 64.2 Å². The molecule has 11 heteroatoms. The number of carbonyl (C=O) groups is 1. The van der Waals surface area contributed by atoms with Gasteiger partial charge in [0.1, 0.15) is 6.61 Å².